The minimum atomic E-state index is -0.677. The first-order chi connectivity index (χ1) is 14.9. The molecule has 0 aliphatic carbocycles. The number of halogens is 1. The zero-order valence-corrected chi connectivity index (χ0v) is 17.4. The molecule has 0 saturated carbocycles. The number of rotatable bonds is 9. The first kappa shape index (κ1) is 22.1. The van der Waals surface area contributed by atoms with Gasteiger partial charge >= 0.3 is 5.97 Å². The smallest absolute Gasteiger partial charge is 0.306 e. The minimum Gasteiger partial charge on any atom is -0.497 e. The topological polar surface area (TPSA) is 94.6 Å². The van der Waals surface area contributed by atoms with Crippen molar-refractivity contribution in [1.82, 2.24) is 4.98 Å². The summed E-state index contributed by atoms with van der Waals surface area (Å²) in [5, 5.41) is 4.74. The Morgan fingerprint density at radius 1 is 1.03 bits per heavy atom. The van der Waals surface area contributed by atoms with Crippen LogP contribution in [0.4, 0.5) is 9.52 Å². The first-order valence-electron chi connectivity index (χ1n) is 9.29. The molecule has 160 valence electrons. The molecule has 31 heavy (non-hydrogen) atoms. The maximum Gasteiger partial charge on any atom is 0.306 e. The van der Waals surface area contributed by atoms with Crippen LogP contribution in [-0.4, -0.2) is 36.4 Å². The number of thiazole rings is 1. The SMILES string of the molecule is COc1ccc(-c2csc(NC(=O)COC(=O)CCC(=O)c3ccc(F)cc3)n2)cc1. The fourth-order valence-electron chi connectivity index (χ4n) is 2.59. The Balaban J connectivity index is 1.42. The third-order valence-electron chi connectivity index (χ3n) is 4.22. The molecule has 3 aromatic rings. The van der Waals surface area contributed by atoms with Crippen molar-refractivity contribution in [3.8, 4) is 17.0 Å². The van der Waals surface area contributed by atoms with Crippen LogP contribution in [0.3, 0.4) is 0 Å². The van der Waals surface area contributed by atoms with E-state index in [2.05, 4.69) is 10.3 Å². The fourth-order valence-corrected chi connectivity index (χ4v) is 3.33. The molecule has 3 rings (SSSR count). The number of amides is 1. The van der Waals surface area contributed by atoms with Crippen LogP contribution < -0.4 is 10.1 Å². The number of hydrogen-bond acceptors (Lipinski definition) is 7. The number of nitrogens with zero attached hydrogens (tertiary/aromatic N) is 1. The molecule has 0 saturated heterocycles. The van der Waals surface area contributed by atoms with E-state index in [4.69, 9.17) is 9.47 Å². The van der Waals surface area contributed by atoms with Gasteiger partial charge in [0.1, 0.15) is 11.6 Å². The van der Waals surface area contributed by atoms with E-state index in [1.807, 2.05) is 24.3 Å². The molecule has 0 radical (unpaired) electrons. The van der Waals surface area contributed by atoms with Gasteiger partial charge in [0, 0.05) is 22.9 Å². The van der Waals surface area contributed by atoms with E-state index in [0.29, 0.717) is 16.4 Å². The van der Waals surface area contributed by atoms with Crippen LogP contribution in [-0.2, 0) is 14.3 Å². The lowest BCUT2D eigenvalue weighted by molar-refractivity contribution is -0.147. The molecule has 9 heteroatoms. The van der Waals surface area contributed by atoms with Crippen LogP contribution >= 0.6 is 11.3 Å². The van der Waals surface area contributed by atoms with Gasteiger partial charge < -0.3 is 9.47 Å². The molecule has 0 unspecified atom stereocenters. The maximum atomic E-state index is 12.9. The molecule has 1 aromatic heterocycles. The number of carbonyl (C=O) groups excluding carboxylic acids is 3. The second kappa shape index (κ2) is 10.4. The molecule has 0 aliphatic heterocycles. The number of ether oxygens (including phenoxy) is 2. The van der Waals surface area contributed by atoms with Gasteiger partial charge in [-0.05, 0) is 48.5 Å². The molecule has 1 amide bonds. The quantitative estimate of drug-likeness (QED) is 0.396. The van der Waals surface area contributed by atoms with Crippen LogP contribution in [0.25, 0.3) is 11.3 Å². The molecule has 1 N–H and O–H groups in total. The van der Waals surface area contributed by atoms with Gasteiger partial charge in [0.25, 0.3) is 5.91 Å². The highest BCUT2D eigenvalue weighted by molar-refractivity contribution is 7.14. The number of ketones is 1. The van der Waals surface area contributed by atoms with Crippen molar-refractivity contribution >= 4 is 34.1 Å². The van der Waals surface area contributed by atoms with E-state index in [1.165, 1.54) is 35.6 Å². The number of methoxy groups -OCH3 is 1. The summed E-state index contributed by atoms with van der Waals surface area (Å²) in [6, 6.07) is 12.4. The van der Waals surface area contributed by atoms with Gasteiger partial charge in [-0.1, -0.05) is 0 Å². The van der Waals surface area contributed by atoms with Crippen LogP contribution in [0.2, 0.25) is 0 Å². The van der Waals surface area contributed by atoms with Gasteiger partial charge in [-0.3, -0.25) is 19.7 Å². The minimum absolute atomic E-state index is 0.0935. The molecule has 1 heterocycles. The van der Waals surface area contributed by atoms with Crippen LogP contribution in [0.1, 0.15) is 23.2 Å². The van der Waals surface area contributed by atoms with E-state index < -0.39 is 24.3 Å². The predicted octanol–water partition coefficient (Wildman–Crippen LogP) is 4.10. The van der Waals surface area contributed by atoms with E-state index in [0.717, 1.165) is 11.3 Å². The Labute approximate surface area is 181 Å². The summed E-state index contributed by atoms with van der Waals surface area (Å²) in [6.45, 7) is -0.485. The summed E-state index contributed by atoms with van der Waals surface area (Å²) in [5.41, 5.74) is 1.87. The van der Waals surface area contributed by atoms with Crippen LogP contribution in [0.5, 0.6) is 5.75 Å². The Morgan fingerprint density at radius 3 is 2.42 bits per heavy atom. The van der Waals surface area contributed by atoms with Gasteiger partial charge in [0.2, 0.25) is 0 Å². The van der Waals surface area contributed by atoms with Gasteiger partial charge in [0.05, 0.1) is 19.2 Å². The third kappa shape index (κ3) is 6.45. The van der Waals surface area contributed by atoms with Crippen LogP contribution in [0.15, 0.2) is 53.9 Å². The molecular weight excluding hydrogens is 423 g/mol. The van der Waals surface area contributed by atoms with Gasteiger partial charge in [0.15, 0.2) is 17.5 Å². The molecule has 0 fully saturated rings. The summed E-state index contributed by atoms with van der Waals surface area (Å²) in [4.78, 5) is 40.1. The summed E-state index contributed by atoms with van der Waals surface area (Å²) in [5.74, 6) is -1.24. The largest absolute Gasteiger partial charge is 0.497 e. The second-order valence-electron chi connectivity index (χ2n) is 6.41. The Kier molecular flexibility index (Phi) is 7.45. The number of nitrogens with one attached hydrogen (secondary N) is 1. The number of hydrogen-bond donors (Lipinski definition) is 1. The zero-order valence-electron chi connectivity index (χ0n) is 16.6. The number of Topliss-reactive ketones (excluding diaryl/α,β-unsaturated/α-hetero) is 1. The zero-order chi connectivity index (χ0) is 22.2. The van der Waals surface area contributed by atoms with Crippen molar-refractivity contribution in [2.45, 2.75) is 12.8 Å². The van der Waals surface area contributed by atoms with Crippen molar-refractivity contribution in [3.63, 3.8) is 0 Å². The molecule has 7 nitrogen and oxygen atoms in total. The second-order valence-corrected chi connectivity index (χ2v) is 7.26. The Bertz CT molecular complexity index is 1060. The van der Waals surface area contributed by atoms with Gasteiger partial charge in [-0.25, -0.2) is 9.37 Å². The van der Waals surface area contributed by atoms with E-state index in [9.17, 15) is 18.8 Å². The summed E-state index contributed by atoms with van der Waals surface area (Å²) >= 11 is 1.24. The normalized spacial score (nSPS) is 10.4. The summed E-state index contributed by atoms with van der Waals surface area (Å²) < 4.78 is 22.9. The standard InChI is InChI=1S/C22H19FN2O5S/c1-29-17-8-4-14(5-9-17)18-13-31-22(24-18)25-20(27)12-30-21(28)11-10-19(26)15-2-6-16(23)7-3-15/h2-9,13H,10-12H2,1H3,(H,24,25,27). The Hall–Kier alpha value is -3.59. The lowest BCUT2D eigenvalue weighted by atomic mass is 10.1. The van der Waals surface area contributed by atoms with Crippen molar-refractivity contribution < 1.29 is 28.2 Å². The lowest BCUT2D eigenvalue weighted by Gasteiger charge is -2.05. The molecule has 0 spiro atoms. The first-order valence-corrected chi connectivity index (χ1v) is 10.2. The average molecular weight is 442 g/mol. The monoisotopic (exact) mass is 442 g/mol. The summed E-state index contributed by atoms with van der Waals surface area (Å²) in [7, 11) is 1.59. The van der Waals surface area contributed by atoms with Crippen molar-refractivity contribution in [2.75, 3.05) is 19.0 Å². The van der Waals surface area contributed by atoms with E-state index in [1.54, 1.807) is 12.5 Å². The Morgan fingerprint density at radius 2 is 1.74 bits per heavy atom. The maximum absolute atomic E-state index is 12.9. The highest BCUT2D eigenvalue weighted by Gasteiger charge is 2.13. The number of aromatic nitrogens is 1. The molecule has 0 atom stereocenters. The van der Waals surface area contributed by atoms with Crippen molar-refractivity contribution in [2.24, 2.45) is 0 Å². The van der Waals surface area contributed by atoms with Gasteiger partial charge in [-0.2, -0.15) is 0 Å². The molecule has 0 bridgehead atoms. The fraction of sp³-hybridized carbons (Fsp3) is 0.182. The van der Waals surface area contributed by atoms with E-state index >= 15 is 0 Å². The molecule has 2 aromatic carbocycles. The van der Waals surface area contributed by atoms with Crippen molar-refractivity contribution in [1.29, 1.82) is 0 Å². The number of anilines is 1. The molecular formula is C22H19FN2O5S. The molecule has 0 aliphatic rings. The van der Waals surface area contributed by atoms with E-state index in [-0.39, 0.29) is 18.6 Å². The number of carbonyl (C=O) groups is 3. The predicted molar refractivity (Wildman–Crippen MR) is 114 cm³/mol. The highest BCUT2D eigenvalue weighted by atomic mass is 32.1. The third-order valence-corrected chi connectivity index (χ3v) is 4.98. The average Bonchev–Trinajstić information content (AvgIpc) is 3.25. The number of esters is 1. The number of benzene rings is 2. The summed E-state index contributed by atoms with van der Waals surface area (Å²) in [6.07, 6.45) is -0.272. The highest BCUT2D eigenvalue weighted by Crippen LogP contribution is 2.26. The van der Waals surface area contributed by atoms with Gasteiger partial charge in [-0.15, -0.1) is 11.3 Å². The van der Waals surface area contributed by atoms with Crippen LogP contribution in [0, 0.1) is 5.82 Å². The lowest BCUT2D eigenvalue weighted by Crippen LogP contribution is -2.21. The van der Waals surface area contributed by atoms with Crippen molar-refractivity contribution in [3.05, 3.63) is 65.3 Å².